The molecule has 0 saturated heterocycles. The van der Waals surface area contributed by atoms with Gasteiger partial charge in [-0.2, -0.15) is 0 Å². The van der Waals surface area contributed by atoms with Gasteiger partial charge in [-0.25, -0.2) is 4.98 Å². The molecule has 0 bridgehead atoms. The number of carbonyl (C=O) groups excluding carboxylic acids is 1. The summed E-state index contributed by atoms with van der Waals surface area (Å²) in [7, 11) is 0. The van der Waals surface area contributed by atoms with Crippen molar-refractivity contribution < 1.29 is 4.79 Å². The Morgan fingerprint density at radius 1 is 1.17 bits per heavy atom. The van der Waals surface area contributed by atoms with Crippen molar-refractivity contribution in [3.05, 3.63) is 70.5 Å². The summed E-state index contributed by atoms with van der Waals surface area (Å²) in [6, 6.07) is 15.6. The van der Waals surface area contributed by atoms with Crippen molar-refractivity contribution in [2.75, 3.05) is 11.6 Å². The summed E-state index contributed by atoms with van der Waals surface area (Å²) < 4.78 is 0. The highest BCUT2D eigenvalue weighted by molar-refractivity contribution is 7.98. The summed E-state index contributed by atoms with van der Waals surface area (Å²) in [5.41, 5.74) is 1.39. The quantitative estimate of drug-likeness (QED) is 0.588. The maximum Gasteiger partial charge on any atom is 0.256 e. The van der Waals surface area contributed by atoms with E-state index in [1.807, 2.05) is 48.7 Å². The van der Waals surface area contributed by atoms with Crippen molar-refractivity contribution >= 4 is 46.5 Å². The van der Waals surface area contributed by atoms with Gasteiger partial charge in [-0.05, 0) is 42.0 Å². The van der Waals surface area contributed by atoms with Crippen LogP contribution in [-0.2, 0) is 5.75 Å². The number of amides is 1. The summed E-state index contributed by atoms with van der Waals surface area (Å²) in [4.78, 5) is 19.2. The van der Waals surface area contributed by atoms with Crippen LogP contribution in [0.2, 0.25) is 0 Å². The van der Waals surface area contributed by atoms with Crippen LogP contribution in [0.3, 0.4) is 0 Å². The standard InChI is InChI=1S/C18H16N2OS3/c1-22-17-9-8-13(11-19-17)20-18(21)15-6-2-3-7-16(15)24-12-14-5-4-10-23-14/h2-11H,12H2,1H3,(H,20,21). The molecule has 0 fully saturated rings. The highest BCUT2D eigenvalue weighted by atomic mass is 32.2. The molecule has 2 aromatic heterocycles. The number of pyridine rings is 1. The maximum absolute atomic E-state index is 12.6. The van der Waals surface area contributed by atoms with Crippen molar-refractivity contribution in [3.8, 4) is 0 Å². The average molecular weight is 373 g/mol. The predicted molar refractivity (Wildman–Crippen MR) is 104 cm³/mol. The van der Waals surface area contributed by atoms with E-state index in [1.54, 1.807) is 41.1 Å². The summed E-state index contributed by atoms with van der Waals surface area (Å²) in [5, 5.41) is 5.92. The number of benzene rings is 1. The Bertz CT molecular complexity index is 801. The number of hydrogen-bond acceptors (Lipinski definition) is 5. The van der Waals surface area contributed by atoms with Crippen molar-refractivity contribution in [2.45, 2.75) is 15.7 Å². The second kappa shape index (κ2) is 8.37. The molecule has 3 aromatic rings. The van der Waals surface area contributed by atoms with Gasteiger partial charge in [0.15, 0.2) is 0 Å². The summed E-state index contributed by atoms with van der Waals surface area (Å²) >= 11 is 4.99. The third-order valence-corrected chi connectivity index (χ3v) is 6.13. The normalized spacial score (nSPS) is 10.5. The number of nitrogens with one attached hydrogen (secondary N) is 1. The topological polar surface area (TPSA) is 42.0 Å². The molecule has 0 saturated carbocycles. The fraction of sp³-hybridized carbons (Fsp3) is 0.111. The maximum atomic E-state index is 12.6. The van der Waals surface area contributed by atoms with Crippen molar-refractivity contribution in [3.63, 3.8) is 0 Å². The van der Waals surface area contributed by atoms with Crippen LogP contribution in [0.1, 0.15) is 15.2 Å². The second-order valence-electron chi connectivity index (χ2n) is 4.91. The molecule has 0 aliphatic heterocycles. The Morgan fingerprint density at radius 3 is 2.75 bits per heavy atom. The first kappa shape index (κ1) is 17.1. The number of aromatic nitrogens is 1. The molecule has 6 heteroatoms. The molecule has 122 valence electrons. The van der Waals surface area contributed by atoms with Gasteiger partial charge in [0.1, 0.15) is 0 Å². The van der Waals surface area contributed by atoms with Crippen LogP contribution in [0.15, 0.2) is 70.0 Å². The Kier molecular flexibility index (Phi) is 5.96. The van der Waals surface area contributed by atoms with Gasteiger partial charge in [-0.3, -0.25) is 4.79 Å². The van der Waals surface area contributed by atoms with E-state index in [9.17, 15) is 4.79 Å². The molecule has 1 aromatic carbocycles. The zero-order valence-corrected chi connectivity index (χ0v) is 15.5. The van der Waals surface area contributed by atoms with Gasteiger partial charge in [0, 0.05) is 15.5 Å². The molecule has 0 radical (unpaired) electrons. The second-order valence-corrected chi connectivity index (χ2v) is 7.78. The molecule has 1 amide bonds. The third-order valence-electron chi connectivity index (χ3n) is 3.29. The molecular formula is C18H16N2OS3. The Hall–Kier alpha value is -1.76. The number of rotatable bonds is 6. The van der Waals surface area contributed by atoms with E-state index in [0.29, 0.717) is 11.3 Å². The van der Waals surface area contributed by atoms with Gasteiger partial charge < -0.3 is 5.32 Å². The molecule has 24 heavy (non-hydrogen) atoms. The zero-order valence-electron chi connectivity index (χ0n) is 13.1. The molecule has 3 nitrogen and oxygen atoms in total. The van der Waals surface area contributed by atoms with Gasteiger partial charge in [-0.1, -0.05) is 18.2 Å². The Morgan fingerprint density at radius 2 is 2.04 bits per heavy atom. The highest BCUT2D eigenvalue weighted by Gasteiger charge is 2.12. The lowest BCUT2D eigenvalue weighted by molar-refractivity contribution is 0.102. The first-order valence-corrected chi connectivity index (χ1v) is 10.4. The van der Waals surface area contributed by atoms with E-state index in [4.69, 9.17) is 0 Å². The van der Waals surface area contributed by atoms with Gasteiger partial charge in [-0.15, -0.1) is 34.9 Å². The number of nitrogens with zero attached hydrogens (tertiary/aromatic N) is 1. The molecule has 3 rings (SSSR count). The number of anilines is 1. The molecule has 0 aliphatic carbocycles. The molecule has 1 N–H and O–H groups in total. The van der Waals surface area contributed by atoms with E-state index < -0.39 is 0 Å². The summed E-state index contributed by atoms with van der Waals surface area (Å²) in [6.07, 6.45) is 3.66. The molecule has 2 heterocycles. The van der Waals surface area contributed by atoms with E-state index in [2.05, 4.69) is 21.7 Å². The van der Waals surface area contributed by atoms with Crippen LogP contribution in [0, 0.1) is 0 Å². The van der Waals surface area contributed by atoms with Crippen molar-refractivity contribution in [1.29, 1.82) is 0 Å². The van der Waals surface area contributed by atoms with Gasteiger partial charge in [0.25, 0.3) is 5.91 Å². The van der Waals surface area contributed by atoms with Crippen LogP contribution >= 0.6 is 34.9 Å². The molecule has 0 spiro atoms. The highest BCUT2D eigenvalue weighted by Crippen LogP contribution is 2.28. The molecule has 0 unspecified atom stereocenters. The van der Waals surface area contributed by atoms with E-state index >= 15 is 0 Å². The monoisotopic (exact) mass is 372 g/mol. The minimum absolute atomic E-state index is 0.108. The zero-order chi connectivity index (χ0) is 16.8. The van der Waals surface area contributed by atoms with E-state index in [1.165, 1.54) is 4.88 Å². The van der Waals surface area contributed by atoms with Gasteiger partial charge >= 0.3 is 0 Å². The minimum atomic E-state index is -0.108. The van der Waals surface area contributed by atoms with Crippen LogP contribution < -0.4 is 5.32 Å². The number of thiophene rings is 1. The van der Waals surface area contributed by atoms with Crippen LogP contribution in [0.5, 0.6) is 0 Å². The average Bonchev–Trinajstić information content (AvgIpc) is 3.14. The fourth-order valence-corrected chi connectivity index (χ4v) is 4.28. The lowest BCUT2D eigenvalue weighted by atomic mass is 10.2. The smallest absolute Gasteiger partial charge is 0.256 e. The lowest BCUT2D eigenvalue weighted by Gasteiger charge is -2.09. The first-order chi connectivity index (χ1) is 11.8. The van der Waals surface area contributed by atoms with Crippen LogP contribution in [0.4, 0.5) is 5.69 Å². The summed E-state index contributed by atoms with van der Waals surface area (Å²) in [5.74, 6) is 0.759. The van der Waals surface area contributed by atoms with Crippen LogP contribution in [-0.4, -0.2) is 17.1 Å². The fourth-order valence-electron chi connectivity index (χ4n) is 2.10. The molecule has 0 atom stereocenters. The molecule has 0 aliphatic rings. The first-order valence-electron chi connectivity index (χ1n) is 7.32. The van der Waals surface area contributed by atoms with Crippen molar-refractivity contribution in [2.24, 2.45) is 0 Å². The van der Waals surface area contributed by atoms with E-state index in [-0.39, 0.29) is 5.91 Å². The molecular weight excluding hydrogens is 356 g/mol. The van der Waals surface area contributed by atoms with Crippen LogP contribution in [0.25, 0.3) is 0 Å². The minimum Gasteiger partial charge on any atom is -0.321 e. The van der Waals surface area contributed by atoms with Gasteiger partial charge in [0.05, 0.1) is 22.5 Å². The van der Waals surface area contributed by atoms with Crippen molar-refractivity contribution in [1.82, 2.24) is 4.98 Å². The predicted octanol–water partition coefficient (Wildman–Crippen LogP) is 5.41. The van der Waals surface area contributed by atoms with Gasteiger partial charge in [0.2, 0.25) is 0 Å². The number of hydrogen-bond donors (Lipinski definition) is 1. The largest absolute Gasteiger partial charge is 0.321 e. The van der Waals surface area contributed by atoms with E-state index in [0.717, 1.165) is 15.7 Å². The number of carbonyl (C=O) groups is 1. The third kappa shape index (κ3) is 4.41. The Balaban J connectivity index is 1.71. The Labute approximate surface area is 153 Å². The SMILES string of the molecule is CSc1ccc(NC(=O)c2ccccc2SCc2cccs2)cn1. The number of thioether (sulfide) groups is 2. The lowest BCUT2D eigenvalue weighted by Crippen LogP contribution is -2.13. The summed E-state index contributed by atoms with van der Waals surface area (Å²) in [6.45, 7) is 0.